The average Bonchev–Trinajstić information content (AvgIpc) is 2.09. The van der Waals surface area contributed by atoms with Crippen molar-refractivity contribution in [2.45, 2.75) is 6.42 Å². The van der Waals surface area contributed by atoms with Gasteiger partial charge < -0.3 is 0 Å². The Balaban J connectivity index is 2.83. The van der Waals surface area contributed by atoms with Crippen molar-refractivity contribution in [2.75, 3.05) is 5.75 Å². The standard InChI is InChI=1S/C9H8BrClOS/c10-7-2-1-6(9(11)4-7)3-8(12)5-13/h1-2,4,13H,3,5H2. The second kappa shape index (κ2) is 5.03. The van der Waals surface area contributed by atoms with Crippen molar-refractivity contribution < 1.29 is 4.79 Å². The third-order valence-corrected chi connectivity index (χ3v) is 2.78. The van der Waals surface area contributed by atoms with Gasteiger partial charge in [0.2, 0.25) is 0 Å². The van der Waals surface area contributed by atoms with Crippen LogP contribution in [0.5, 0.6) is 0 Å². The summed E-state index contributed by atoms with van der Waals surface area (Å²) in [6.45, 7) is 0. The fourth-order valence-electron chi connectivity index (χ4n) is 0.933. The van der Waals surface area contributed by atoms with E-state index in [1.165, 1.54) is 0 Å². The molecular formula is C9H8BrClOS. The highest BCUT2D eigenvalue weighted by Crippen LogP contribution is 2.21. The minimum Gasteiger partial charge on any atom is -0.298 e. The van der Waals surface area contributed by atoms with Crippen molar-refractivity contribution in [2.24, 2.45) is 0 Å². The van der Waals surface area contributed by atoms with E-state index in [4.69, 9.17) is 11.6 Å². The Kier molecular flexibility index (Phi) is 4.29. The monoisotopic (exact) mass is 278 g/mol. The van der Waals surface area contributed by atoms with E-state index in [1.807, 2.05) is 12.1 Å². The van der Waals surface area contributed by atoms with Gasteiger partial charge in [0.05, 0.1) is 0 Å². The third kappa shape index (κ3) is 3.33. The summed E-state index contributed by atoms with van der Waals surface area (Å²) in [7, 11) is 0. The van der Waals surface area contributed by atoms with E-state index in [1.54, 1.807) is 6.07 Å². The van der Waals surface area contributed by atoms with Gasteiger partial charge in [0, 0.05) is 21.7 Å². The van der Waals surface area contributed by atoms with Gasteiger partial charge in [-0.05, 0) is 17.7 Å². The molecule has 0 aliphatic heterocycles. The smallest absolute Gasteiger partial charge is 0.146 e. The second-order valence-corrected chi connectivity index (χ2v) is 4.25. The van der Waals surface area contributed by atoms with Crippen molar-refractivity contribution in [1.82, 2.24) is 0 Å². The number of halogens is 2. The molecule has 0 aliphatic rings. The molecule has 0 amide bonds. The molecule has 1 aromatic carbocycles. The van der Waals surface area contributed by atoms with Crippen LogP contribution in [-0.4, -0.2) is 11.5 Å². The molecule has 0 spiro atoms. The number of Topliss-reactive ketones (excluding diaryl/α,β-unsaturated/α-hetero) is 1. The largest absolute Gasteiger partial charge is 0.298 e. The fraction of sp³-hybridized carbons (Fsp3) is 0.222. The number of hydrogen-bond donors (Lipinski definition) is 1. The van der Waals surface area contributed by atoms with Crippen LogP contribution >= 0.6 is 40.2 Å². The minimum atomic E-state index is 0.0764. The summed E-state index contributed by atoms with van der Waals surface area (Å²) >= 11 is 13.1. The van der Waals surface area contributed by atoms with Crippen molar-refractivity contribution in [3.05, 3.63) is 33.3 Å². The molecule has 4 heteroatoms. The Morgan fingerprint density at radius 1 is 1.54 bits per heavy atom. The molecule has 1 nitrogen and oxygen atoms in total. The lowest BCUT2D eigenvalue weighted by Crippen LogP contribution is -2.04. The van der Waals surface area contributed by atoms with Gasteiger partial charge >= 0.3 is 0 Å². The Hall–Kier alpha value is 0.01000. The zero-order valence-corrected chi connectivity index (χ0v) is 9.99. The highest BCUT2D eigenvalue weighted by molar-refractivity contribution is 9.10. The lowest BCUT2D eigenvalue weighted by Gasteiger charge is -2.02. The summed E-state index contributed by atoms with van der Waals surface area (Å²) in [5.41, 5.74) is 0.851. The molecule has 0 aromatic heterocycles. The molecule has 0 heterocycles. The average molecular weight is 280 g/mol. The number of rotatable bonds is 3. The van der Waals surface area contributed by atoms with Crippen LogP contribution in [-0.2, 0) is 11.2 Å². The van der Waals surface area contributed by atoms with Crippen LogP contribution in [0.3, 0.4) is 0 Å². The summed E-state index contributed by atoms with van der Waals surface area (Å²) < 4.78 is 0.916. The van der Waals surface area contributed by atoms with Crippen LogP contribution in [0.2, 0.25) is 5.02 Å². The summed E-state index contributed by atoms with van der Waals surface area (Å²) in [5.74, 6) is 0.333. The van der Waals surface area contributed by atoms with Crippen molar-refractivity contribution >= 4 is 45.9 Å². The number of ketones is 1. The van der Waals surface area contributed by atoms with Gasteiger partial charge in [0.25, 0.3) is 0 Å². The third-order valence-electron chi connectivity index (χ3n) is 1.58. The Bertz CT molecular complexity index is 327. The van der Waals surface area contributed by atoms with Gasteiger partial charge in [-0.1, -0.05) is 33.6 Å². The molecule has 70 valence electrons. The predicted octanol–water partition coefficient (Wildman–Crippen LogP) is 3.14. The van der Waals surface area contributed by atoms with Gasteiger partial charge in [-0.2, -0.15) is 12.6 Å². The van der Waals surface area contributed by atoms with E-state index in [2.05, 4.69) is 28.6 Å². The number of benzene rings is 1. The van der Waals surface area contributed by atoms with Crippen LogP contribution in [0.15, 0.2) is 22.7 Å². The summed E-state index contributed by atoms with van der Waals surface area (Å²) in [5, 5.41) is 0.615. The molecular weight excluding hydrogens is 272 g/mol. The van der Waals surface area contributed by atoms with E-state index in [-0.39, 0.29) is 11.5 Å². The summed E-state index contributed by atoms with van der Waals surface area (Å²) in [4.78, 5) is 11.1. The Morgan fingerprint density at radius 3 is 2.77 bits per heavy atom. The van der Waals surface area contributed by atoms with Crippen LogP contribution in [0.25, 0.3) is 0 Å². The molecule has 1 rings (SSSR count). The van der Waals surface area contributed by atoms with Crippen LogP contribution < -0.4 is 0 Å². The minimum absolute atomic E-state index is 0.0764. The molecule has 0 unspecified atom stereocenters. The number of hydrogen-bond acceptors (Lipinski definition) is 2. The van der Waals surface area contributed by atoms with E-state index in [0.717, 1.165) is 10.0 Å². The molecule has 0 fully saturated rings. The first-order chi connectivity index (χ1) is 6.13. The van der Waals surface area contributed by atoms with Gasteiger partial charge in [-0.15, -0.1) is 0 Å². The zero-order valence-electron chi connectivity index (χ0n) is 6.76. The molecule has 0 N–H and O–H groups in total. The van der Waals surface area contributed by atoms with Gasteiger partial charge in [-0.25, -0.2) is 0 Å². The number of carbonyl (C=O) groups is 1. The first kappa shape index (κ1) is 11.1. The topological polar surface area (TPSA) is 17.1 Å². The molecule has 0 radical (unpaired) electrons. The van der Waals surface area contributed by atoms with E-state index in [0.29, 0.717) is 11.4 Å². The van der Waals surface area contributed by atoms with E-state index in [9.17, 15) is 4.79 Å². The first-order valence-corrected chi connectivity index (χ1v) is 5.50. The zero-order chi connectivity index (χ0) is 9.84. The predicted molar refractivity (Wildman–Crippen MR) is 61.7 cm³/mol. The van der Waals surface area contributed by atoms with E-state index >= 15 is 0 Å². The molecule has 0 saturated heterocycles. The Labute approximate surface area is 96.0 Å². The van der Waals surface area contributed by atoms with Gasteiger partial charge in [-0.3, -0.25) is 4.79 Å². The van der Waals surface area contributed by atoms with Crippen LogP contribution in [0, 0.1) is 0 Å². The van der Waals surface area contributed by atoms with Gasteiger partial charge in [0.1, 0.15) is 5.78 Å². The molecule has 0 saturated carbocycles. The maximum absolute atomic E-state index is 11.1. The molecule has 0 atom stereocenters. The number of thiol groups is 1. The van der Waals surface area contributed by atoms with Crippen LogP contribution in [0.4, 0.5) is 0 Å². The van der Waals surface area contributed by atoms with Crippen LogP contribution in [0.1, 0.15) is 5.56 Å². The molecule has 0 aliphatic carbocycles. The lowest BCUT2D eigenvalue weighted by molar-refractivity contribution is -0.115. The SMILES string of the molecule is O=C(CS)Cc1ccc(Br)cc1Cl. The van der Waals surface area contributed by atoms with Crippen molar-refractivity contribution in [3.8, 4) is 0 Å². The number of carbonyl (C=O) groups excluding carboxylic acids is 1. The maximum atomic E-state index is 11.1. The lowest BCUT2D eigenvalue weighted by atomic mass is 10.1. The quantitative estimate of drug-likeness (QED) is 0.841. The first-order valence-electron chi connectivity index (χ1n) is 3.70. The van der Waals surface area contributed by atoms with Gasteiger partial charge in [0.15, 0.2) is 0 Å². The maximum Gasteiger partial charge on any atom is 0.146 e. The summed E-state index contributed by atoms with van der Waals surface area (Å²) in [6, 6.07) is 5.49. The molecule has 0 bridgehead atoms. The fourth-order valence-corrected chi connectivity index (χ4v) is 1.79. The highest BCUT2D eigenvalue weighted by atomic mass is 79.9. The van der Waals surface area contributed by atoms with Crippen molar-refractivity contribution in [3.63, 3.8) is 0 Å². The molecule has 13 heavy (non-hydrogen) atoms. The highest BCUT2D eigenvalue weighted by Gasteiger charge is 2.05. The van der Waals surface area contributed by atoms with Crippen molar-refractivity contribution in [1.29, 1.82) is 0 Å². The second-order valence-electron chi connectivity index (χ2n) is 2.61. The normalized spacial score (nSPS) is 10.1. The molecule has 1 aromatic rings. The van der Waals surface area contributed by atoms with E-state index < -0.39 is 0 Å². The Morgan fingerprint density at radius 2 is 2.23 bits per heavy atom. The summed E-state index contributed by atoms with van der Waals surface area (Å²) in [6.07, 6.45) is 0.357.